The minimum Gasteiger partial charge on any atom is -0.478 e. The van der Waals surface area contributed by atoms with Crippen LogP contribution >= 0.6 is 0 Å². The average Bonchev–Trinajstić information content (AvgIpc) is 3.14. The fraction of sp³-hybridized carbons (Fsp3) is 0.440. The summed E-state index contributed by atoms with van der Waals surface area (Å²) >= 11 is 0. The van der Waals surface area contributed by atoms with Gasteiger partial charge in [0.05, 0.1) is 24.4 Å². The van der Waals surface area contributed by atoms with Crippen LogP contribution in [0.3, 0.4) is 0 Å². The molecule has 4 rings (SSSR count). The van der Waals surface area contributed by atoms with Crippen molar-refractivity contribution in [2.24, 2.45) is 0 Å². The Balaban J connectivity index is 1.55. The van der Waals surface area contributed by atoms with E-state index in [2.05, 4.69) is 48.6 Å². The molecular formula is C25H31N3O4. The van der Waals surface area contributed by atoms with Crippen LogP contribution in [-0.2, 0) is 10.3 Å². The number of nitrogens with one attached hydrogen (secondary N) is 1. The van der Waals surface area contributed by atoms with Crippen molar-refractivity contribution in [2.45, 2.75) is 42.9 Å². The van der Waals surface area contributed by atoms with E-state index >= 15 is 0 Å². The maximum Gasteiger partial charge on any atom is 0.322 e. The number of aliphatic hydroxyl groups excluding tert-OH is 1. The molecular weight excluding hydrogens is 406 g/mol. The Labute approximate surface area is 189 Å². The molecule has 1 atom stereocenters. The van der Waals surface area contributed by atoms with Gasteiger partial charge in [0.25, 0.3) is 0 Å². The van der Waals surface area contributed by atoms with Crippen molar-refractivity contribution in [1.29, 1.82) is 0 Å². The number of anilines is 1. The highest BCUT2D eigenvalue weighted by Crippen LogP contribution is 2.47. The van der Waals surface area contributed by atoms with Gasteiger partial charge in [0.1, 0.15) is 5.75 Å². The molecule has 7 nitrogen and oxygen atoms in total. The third-order valence-corrected chi connectivity index (χ3v) is 7.05. The second kappa shape index (κ2) is 8.92. The Kier molecular flexibility index (Phi) is 6.22. The normalized spacial score (nSPS) is 26.2. The first kappa shape index (κ1) is 22.3. The second-order valence-corrected chi connectivity index (χ2v) is 9.03. The number of aldehydes is 1. The zero-order chi connectivity index (χ0) is 22.8. The summed E-state index contributed by atoms with van der Waals surface area (Å²) in [6, 6.07) is 17.6. The number of ether oxygens (including phenoxy) is 1. The third kappa shape index (κ3) is 3.98. The molecule has 1 unspecified atom stereocenters. The van der Waals surface area contributed by atoms with E-state index in [1.807, 2.05) is 18.2 Å². The molecule has 2 N–H and O–H groups in total. The van der Waals surface area contributed by atoms with Gasteiger partial charge in [-0.25, -0.2) is 4.79 Å². The van der Waals surface area contributed by atoms with Crippen LogP contribution in [0.4, 0.5) is 10.5 Å². The monoisotopic (exact) mass is 437 g/mol. The number of carbonyl (C=O) groups is 2. The first-order valence-corrected chi connectivity index (χ1v) is 11.1. The van der Waals surface area contributed by atoms with Gasteiger partial charge < -0.3 is 15.2 Å². The molecule has 2 fully saturated rings. The number of nitrogens with zero attached hydrogens (tertiary/aromatic N) is 2. The average molecular weight is 438 g/mol. The van der Waals surface area contributed by atoms with Crippen LogP contribution in [0, 0.1) is 0 Å². The van der Waals surface area contributed by atoms with Crippen molar-refractivity contribution in [3.05, 3.63) is 60.2 Å². The van der Waals surface area contributed by atoms with Gasteiger partial charge in [-0.05, 0) is 57.5 Å². The van der Waals surface area contributed by atoms with E-state index in [0.29, 0.717) is 24.3 Å². The fourth-order valence-electron chi connectivity index (χ4n) is 5.12. The summed E-state index contributed by atoms with van der Waals surface area (Å²) in [4.78, 5) is 28.2. The molecule has 2 aliphatic rings. The Morgan fingerprint density at radius 3 is 2.38 bits per heavy atom. The van der Waals surface area contributed by atoms with Gasteiger partial charge in [-0.2, -0.15) is 0 Å². The van der Waals surface area contributed by atoms with E-state index < -0.39 is 12.7 Å². The minimum absolute atomic E-state index is 0.0516. The largest absolute Gasteiger partial charge is 0.478 e. The van der Waals surface area contributed by atoms with E-state index in [-0.39, 0.29) is 17.1 Å². The van der Waals surface area contributed by atoms with Crippen LogP contribution < -0.4 is 15.0 Å². The van der Waals surface area contributed by atoms with Crippen LogP contribution in [-0.4, -0.2) is 61.2 Å². The Hall–Kier alpha value is -2.90. The molecule has 2 aromatic carbocycles. The third-order valence-electron chi connectivity index (χ3n) is 7.05. The quantitative estimate of drug-likeness (QED) is 0.651. The van der Waals surface area contributed by atoms with Gasteiger partial charge >= 0.3 is 6.03 Å². The highest BCUT2D eigenvalue weighted by atomic mass is 16.5. The van der Waals surface area contributed by atoms with E-state index in [1.165, 1.54) is 5.56 Å². The number of aliphatic hydroxyl groups is 1. The van der Waals surface area contributed by atoms with Gasteiger partial charge in [0, 0.05) is 5.54 Å². The Bertz CT molecular complexity index is 955. The summed E-state index contributed by atoms with van der Waals surface area (Å²) in [5, 5.41) is 12.6. The number of rotatable bonds is 7. The number of hydrogen-bond acceptors (Lipinski definition) is 5. The van der Waals surface area contributed by atoms with E-state index in [1.54, 1.807) is 17.0 Å². The molecule has 1 aliphatic carbocycles. The van der Waals surface area contributed by atoms with Crippen LogP contribution in [0.15, 0.2) is 54.6 Å². The number of para-hydroxylation sites is 2. The summed E-state index contributed by atoms with van der Waals surface area (Å²) in [6.07, 6.45) is 3.20. The second-order valence-electron chi connectivity index (χ2n) is 9.03. The molecule has 0 bridgehead atoms. The Morgan fingerprint density at radius 2 is 1.75 bits per heavy atom. The summed E-state index contributed by atoms with van der Waals surface area (Å²) in [5.74, 6) is 0.411. The van der Waals surface area contributed by atoms with Crippen molar-refractivity contribution in [3.8, 4) is 5.75 Å². The summed E-state index contributed by atoms with van der Waals surface area (Å²) in [7, 11) is 4.26. The molecule has 1 heterocycles. The van der Waals surface area contributed by atoms with Crippen molar-refractivity contribution >= 4 is 18.0 Å². The molecule has 1 saturated carbocycles. The topological polar surface area (TPSA) is 82.1 Å². The van der Waals surface area contributed by atoms with Crippen molar-refractivity contribution in [2.75, 3.05) is 32.1 Å². The van der Waals surface area contributed by atoms with Gasteiger partial charge in [-0.15, -0.1) is 0 Å². The lowest BCUT2D eigenvalue weighted by molar-refractivity contribution is -0.115. The number of urea groups is 1. The molecule has 1 aliphatic heterocycles. The highest BCUT2D eigenvalue weighted by Gasteiger charge is 2.50. The number of hydrogen-bond donors (Lipinski definition) is 2. The molecule has 2 aromatic rings. The lowest BCUT2D eigenvalue weighted by atomic mass is 9.69. The lowest BCUT2D eigenvalue weighted by Gasteiger charge is -2.48. The van der Waals surface area contributed by atoms with Gasteiger partial charge in [0.2, 0.25) is 0 Å². The summed E-state index contributed by atoms with van der Waals surface area (Å²) < 4.78 is 5.66. The minimum atomic E-state index is -0.961. The number of benzene rings is 2. The molecule has 0 radical (unpaired) electrons. The molecule has 2 amide bonds. The van der Waals surface area contributed by atoms with Crippen LogP contribution in [0.2, 0.25) is 0 Å². The summed E-state index contributed by atoms with van der Waals surface area (Å²) in [5.41, 5.74) is 1.56. The maximum atomic E-state index is 13.0. The van der Waals surface area contributed by atoms with E-state index in [4.69, 9.17) is 4.74 Å². The van der Waals surface area contributed by atoms with Crippen LogP contribution in [0.5, 0.6) is 5.75 Å². The molecule has 1 saturated heterocycles. The van der Waals surface area contributed by atoms with Crippen molar-refractivity contribution in [1.82, 2.24) is 10.2 Å². The zero-order valence-electron chi connectivity index (χ0n) is 18.7. The predicted molar refractivity (Wildman–Crippen MR) is 123 cm³/mol. The molecule has 0 aromatic heterocycles. The molecule has 170 valence electrons. The number of carbonyl (C=O) groups excluding carboxylic acids is 2. The molecule has 32 heavy (non-hydrogen) atoms. The summed E-state index contributed by atoms with van der Waals surface area (Å²) in [6.45, 7) is 0.120. The fourth-order valence-corrected chi connectivity index (χ4v) is 5.12. The molecule has 1 spiro atoms. The zero-order valence-corrected chi connectivity index (χ0v) is 18.7. The van der Waals surface area contributed by atoms with Gasteiger partial charge in [0.15, 0.2) is 12.4 Å². The molecule has 7 heteroatoms. The number of amides is 2. The highest BCUT2D eigenvalue weighted by molar-refractivity contribution is 5.96. The lowest BCUT2D eigenvalue weighted by Crippen LogP contribution is -2.54. The van der Waals surface area contributed by atoms with E-state index in [0.717, 1.165) is 25.7 Å². The standard InChI is InChI=1S/C25H31N3O4/c1-27(2)25(19-8-4-3-5-9-19)14-12-24(13-15-25)18-28(23(31)26-24)21-10-6-7-11-22(21)32-20(16-29)17-30/h3-11,16,20,30H,12-15,17-18H2,1-2H3,(H,26,31)/t20?,24-,25+. The van der Waals surface area contributed by atoms with Gasteiger partial charge in [-0.1, -0.05) is 42.5 Å². The first-order chi connectivity index (χ1) is 15.4. The SMILES string of the molecule is CN(C)[C@]1(c2ccccc2)CC[C@]2(CC1)CN(c1ccccc1OC(C=O)CO)C(=O)N2. The first-order valence-electron chi connectivity index (χ1n) is 11.1. The van der Waals surface area contributed by atoms with Crippen molar-refractivity contribution in [3.63, 3.8) is 0 Å². The Morgan fingerprint density at radius 1 is 1.09 bits per heavy atom. The smallest absolute Gasteiger partial charge is 0.322 e. The van der Waals surface area contributed by atoms with Crippen LogP contribution in [0.1, 0.15) is 31.2 Å². The van der Waals surface area contributed by atoms with E-state index in [9.17, 15) is 14.7 Å². The maximum absolute atomic E-state index is 13.0. The predicted octanol–water partition coefficient (Wildman–Crippen LogP) is 2.92. The van der Waals surface area contributed by atoms with Crippen LogP contribution in [0.25, 0.3) is 0 Å². The van der Waals surface area contributed by atoms with Crippen molar-refractivity contribution < 1.29 is 19.4 Å². The van der Waals surface area contributed by atoms with Gasteiger partial charge in [-0.3, -0.25) is 14.6 Å².